The number of fused-ring (bicyclic) bond motifs is 1. The molecular weight excluding hydrogens is 580 g/mol. The van der Waals surface area contributed by atoms with E-state index in [4.69, 9.17) is 16.0 Å². The first-order chi connectivity index (χ1) is 20.8. The zero-order valence-electron chi connectivity index (χ0n) is 25.7. The van der Waals surface area contributed by atoms with Crippen LogP contribution in [0.4, 0.5) is 11.4 Å². The second-order valence-electron chi connectivity index (χ2n) is 11.4. The van der Waals surface area contributed by atoms with Gasteiger partial charge < -0.3 is 21.1 Å². The number of sulfonamides is 1. The lowest BCUT2D eigenvalue weighted by atomic mass is 9.69. The van der Waals surface area contributed by atoms with E-state index in [9.17, 15) is 18.0 Å². The molecule has 0 aromatic heterocycles. The highest BCUT2D eigenvalue weighted by atomic mass is 32.2. The minimum absolute atomic E-state index is 0.104. The number of aryl methyl sites for hydroxylation is 1. The fourth-order valence-corrected chi connectivity index (χ4v) is 7.25. The monoisotopic (exact) mass is 620 g/mol. The third-order valence-electron chi connectivity index (χ3n) is 8.11. The van der Waals surface area contributed by atoms with Gasteiger partial charge in [-0.25, -0.2) is 13.9 Å². The quantitative estimate of drug-likeness (QED) is 0.226. The number of carbonyl (C=O) groups is 2. The van der Waals surface area contributed by atoms with E-state index in [2.05, 4.69) is 15.7 Å². The van der Waals surface area contributed by atoms with E-state index in [1.54, 1.807) is 38.1 Å². The predicted octanol–water partition coefficient (Wildman–Crippen LogP) is 4.74. The van der Waals surface area contributed by atoms with Gasteiger partial charge in [-0.3, -0.25) is 9.59 Å². The SMILES string of the molecule is CCNc1ccc([C@H](c2ccc(C)c(CN3CCOc4ccccc4S3(=O)=O)c2)C(C)(C)C(=O)NCC(N)=O)c(C)c1N=N. The molecule has 0 saturated heterocycles. The number of hydrogen-bond donors (Lipinski definition) is 4. The summed E-state index contributed by atoms with van der Waals surface area (Å²) in [5.41, 5.74) is 17.2. The van der Waals surface area contributed by atoms with Crippen LogP contribution >= 0.6 is 0 Å². The van der Waals surface area contributed by atoms with Crippen LogP contribution in [-0.2, 0) is 26.2 Å². The summed E-state index contributed by atoms with van der Waals surface area (Å²) < 4.78 is 34.5. The van der Waals surface area contributed by atoms with Gasteiger partial charge in [0.05, 0.1) is 17.6 Å². The molecule has 44 heavy (non-hydrogen) atoms. The van der Waals surface area contributed by atoms with E-state index in [1.807, 2.05) is 51.1 Å². The Balaban J connectivity index is 1.84. The van der Waals surface area contributed by atoms with Gasteiger partial charge in [0, 0.05) is 25.6 Å². The van der Waals surface area contributed by atoms with Gasteiger partial charge in [-0.2, -0.15) is 9.42 Å². The Labute approximate surface area is 258 Å². The van der Waals surface area contributed by atoms with Gasteiger partial charge >= 0.3 is 0 Å². The van der Waals surface area contributed by atoms with Crippen LogP contribution in [0.1, 0.15) is 54.5 Å². The molecule has 11 nitrogen and oxygen atoms in total. The fourth-order valence-electron chi connectivity index (χ4n) is 5.71. The number of primary amides is 1. The number of nitrogens with one attached hydrogen (secondary N) is 3. The standard InChI is InChI=1S/C32H40N6O5S/c1-6-35-25-14-13-24(21(3)30(25)37-34)29(32(4,5)31(40)36-18-28(33)39)22-12-11-20(2)23(17-22)19-38-15-16-43-26-9-7-8-10-27(26)44(38,41)42/h7-14,17,29,34-35H,6,15-16,18-19H2,1-5H3,(H2,33,39)(H,36,40)/t29-/m0/s1. The molecule has 0 spiro atoms. The molecule has 1 heterocycles. The molecule has 234 valence electrons. The lowest BCUT2D eigenvalue weighted by Crippen LogP contribution is -2.44. The molecule has 0 saturated carbocycles. The first-order valence-corrected chi connectivity index (χ1v) is 15.9. The van der Waals surface area contributed by atoms with E-state index in [0.29, 0.717) is 23.7 Å². The van der Waals surface area contributed by atoms with Gasteiger partial charge in [-0.1, -0.05) is 50.2 Å². The van der Waals surface area contributed by atoms with Gasteiger partial charge in [0.1, 0.15) is 22.9 Å². The number of anilines is 1. The van der Waals surface area contributed by atoms with E-state index in [0.717, 1.165) is 27.8 Å². The summed E-state index contributed by atoms with van der Waals surface area (Å²) in [6, 6.07) is 16.2. The second kappa shape index (κ2) is 13.1. The van der Waals surface area contributed by atoms with Crippen molar-refractivity contribution in [2.75, 3.05) is 31.6 Å². The largest absolute Gasteiger partial charge is 0.491 e. The Bertz CT molecular complexity index is 1690. The zero-order valence-corrected chi connectivity index (χ0v) is 26.5. The number of benzene rings is 3. The molecule has 0 unspecified atom stereocenters. The summed E-state index contributed by atoms with van der Waals surface area (Å²) in [5.74, 6) is -1.27. The minimum Gasteiger partial charge on any atom is -0.491 e. The smallest absolute Gasteiger partial charge is 0.247 e. The molecule has 2 amide bonds. The minimum atomic E-state index is -3.84. The Morgan fingerprint density at radius 3 is 2.55 bits per heavy atom. The highest BCUT2D eigenvalue weighted by Gasteiger charge is 2.40. The van der Waals surface area contributed by atoms with Gasteiger partial charge in [-0.15, -0.1) is 0 Å². The molecule has 12 heteroatoms. The fraction of sp³-hybridized carbons (Fsp3) is 0.375. The number of nitrogens with two attached hydrogens (primary N) is 1. The van der Waals surface area contributed by atoms with Crippen molar-refractivity contribution in [3.63, 3.8) is 0 Å². The lowest BCUT2D eigenvalue weighted by molar-refractivity contribution is -0.131. The molecule has 0 fully saturated rings. The molecule has 1 aliphatic heterocycles. The van der Waals surface area contributed by atoms with E-state index >= 15 is 0 Å². The molecule has 3 aromatic carbocycles. The molecule has 0 radical (unpaired) electrons. The first-order valence-electron chi connectivity index (χ1n) is 14.5. The van der Waals surface area contributed by atoms with Crippen LogP contribution in [0, 0.1) is 24.8 Å². The molecule has 0 bridgehead atoms. The van der Waals surface area contributed by atoms with Gasteiger partial charge in [0.25, 0.3) is 0 Å². The van der Waals surface area contributed by atoms with Crippen LogP contribution in [0.5, 0.6) is 5.75 Å². The van der Waals surface area contributed by atoms with Crippen molar-refractivity contribution in [2.24, 2.45) is 16.3 Å². The van der Waals surface area contributed by atoms with Crippen molar-refractivity contribution in [3.8, 4) is 5.75 Å². The number of rotatable bonds is 11. The molecule has 4 rings (SSSR count). The van der Waals surface area contributed by atoms with Gasteiger partial charge in [-0.05, 0) is 66.8 Å². The first kappa shape index (κ1) is 32.6. The van der Waals surface area contributed by atoms with Crippen molar-refractivity contribution in [1.29, 1.82) is 5.53 Å². The Morgan fingerprint density at radius 1 is 1.14 bits per heavy atom. The number of carbonyl (C=O) groups excluding carboxylic acids is 2. The summed E-state index contributed by atoms with van der Waals surface area (Å²) in [5, 5.41) is 9.69. The van der Waals surface area contributed by atoms with Crippen LogP contribution in [0.25, 0.3) is 0 Å². The number of hydrogen-bond acceptors (Lipinski definition) is 8. The Morgan fingerprint density at radius 2 is 1.86 bits per heavy atom. The van der Waals surface area contributed by atoms with Crippen molar-refractivity contribution in [2.45, 2.75) is 52.0 Å². The summed E-state index contributed by atoms with van der Waals surface area (Å²) in [6.45, 7) is 10.1. The van der Waals surface area contributed by atoms with Crippen molar-refractivity contribution in [1.82, 2.24) is 9.62 Å². The molecule has 1 aliphatic rings. The van der Waals surface area contributed by atoms with E-state index < -0.39 is 27.3 Å². The van der Waals surface area contributed by atoms with E-state index in [-0.39, 0.29) is 37.0 Å². The Hall–Kier alpha value is -4.29. The molecule has 1 atom stereocenters. The van der Waals surface area contributed by atoms with Crippen molar-refractivity contribution >= 4 is 33.2 Å². The van der Waals surface area contributed by atoms with Crippen LogP contribution in [0.15, 0.2) is 64.6 Å². The topological polar surface area (TPSA) is 167 Å². The third kappa shape index (κ3) is 6.46. The van der Waals surface area contributed by atoms with Crippen LogP contribution < -0.4 is 21.1 Å². The molecule has 3 aromatic rings. The van der Waals surface area contributed by atoms with Gasteiger partial charge in [0.15, 0.2) is 0 Å². The van der Waals surface area contributed by atoms with Crippen LogP contribution in [-0.4, -0.2) is 50.8 Å². The van der Waals surface area contributed by atoms with Crippen LogP contribution in [0.3, 0.4) is 0 Å². The Kier molecular flexibility index (Phi) is 9.75. The molecule has 5 N–H and O–H groups in total. The van der Waals surface area contributed by atoms with Crippen LogP contribution in [0.2, 0.25) is 0 Å². The maximum atomic E-state index is 13.7. The summed E-state index contributed by atoms with van der Waals surface area (Å²) >= 11 is 0. The average molecular weight is 621 g/mol. The normalized spacial score (nSPS) is 15.3. The lowest BCUT2D eigenvalue weighted by Gasteiger charge is -2.35. The van der Waals surface area contributed by atoms with Crippen molar-refractivity contribution in [3.05, 3.63) is 82.4 Å². The number of amides is 2. The van der Waals surface area contributed by atoms with E-state index in [1.165, 1.54) is 4.31 Å². The highest BCUT2D eigenvalue weighted by Crippen LogP contribution is 2.46. The number of ether oxygens (including phenoxy) is 1. The predicted molar refractivity (Wildman–Crippen MR) is 169 cm³/mol. The summed E-state index contributed by atoms with van der Waals surface area (Å²) in [4.78, 5) is 25.2. The maximum Gasteiger partial charge on any atom is 0.247 e. The highest BCUT2D eigenvalue weighted by molar-refractivity contribution is 7.89. The van der Waals surface area contributed by atoms with Gasteiger partial charge in [0.2, 0.25) is 21.8 Å². The summed E-state index contributed by atoms with van der Waals surface area (Å²) in [6.07, 6.45) is 0. The van der Waals surface area contributed by atoms with Crippen molar-refractivity contribution < 1.29 is 22.7 Å². The summed E-state index contributed by atoms with van der Waals surface area (Å²) in [7, 11) is -3.84. The second-order valence-corrected chi connectivity index (χ2v) is 13.3. The maximum absolute atomic E-state index is 13.7. The molecule has 0 aliphatic carbocycles. The molecular formula is C32H40N6O5S. The zero-order chi connectivity index (χ0) is 32.2. The number of nitrogens with zero attached hydrogens (tertiary/aromatic N) is 2. The number of para-hydroxylation sites is 1. The third-order valence-corrected chi connectivity index (χ3v) is 10.00. The average Bonchev–Trinajstić information content (AvgIpc) is 3.10.